The average Bonchev–Trinajstić information content (AvgIpc) is 3.50. The zero-order valence-corrected chi connectivity index (χ0v) is 21.6. The van der Waals surface area contributed by atoms with Gasteiger partial charge in [0.05, 0.1) is 45.6 Å². The Balaban J connectivity index is 1.40. The maximum atomic E-state index is 14.9. The van der Waals surface area contributed by atoms with Crippen LogP contribution in [0.3, 0.4) is 0 Å². The Morgan fingerprint density at radius 2 is 1.71 bits per heavy atom. The molecule has 0 aliphatic carbocycles. The molecule has 0 saturated carbocycles. The van der Waals surface area contributed by atoms with Gasteiger partial charge in [-0.25, -0.2) is 13.9 Å². The van der Waals surface area contributed by atoms with Gasteiger partial charge in [-0.2, -0.15) is 31.4 Å². The maximum absolute atomic E-state index is 14.9. The van der Waals surface area contributed by atoms with E-state index < -0.39 is 77.5 Å². The summed E-state index contributed by atoms with van der Waals surface area (Å²) in [6.45, 7) is -1.08. The Hall–Kier alpha value is -4.47. The van der Waals surface area contributed by atoms with Crippen LogP contribution in [0.2, 0.25) is 5.02 Å². The fourth-order valence-electron chi connectivity index (χ4n) is 4.64. The van der Waals surface area contributed by atoms with E-state index in [9.17, 15) is 40.3 Å². The molecule has 1 fully saturated rings. The highest BCUT2D eigenvalue weighted by Crippen LogP contribution is 2.39. The van der Waals surface area contributed by atoms with Gasteiger partial charge >= 0.3 is 12.4 Å². The minimum Gasteiger partial charge on any atom is -0.382 e. The van der Waals surface area contributed by atoms with Crippen LogP contribution < -0.4 is 11.1 Å². The van der Waals surface area contributed by atoms with Gasteiger partial charge in [-0.15, -0.1) is 0 Å². The van der Waals surface area contributed by atoms with Gasteiger partial charge < -0.3 is 16.0 Å². The molecule has 1 aliphatic heterocycles. The predicted molar refractivity (Wildman–Crippen MR) is 134 cm³/mol. The predicted octanol–water partition coefficient (Wildman–Crippen LogP) is 4.66. The second-order valence-electron chi connectivity index (χ2n) is 9.27. The number of pyridine rings is 1. The first-order chi connectivity index (χ1) is 19.7. The van der Waals surface area contributed by atoms with E-state index in [0.717, 1.165) is 40.3 Å². The van der Waals surface area contributed by atoms with Gasteiger partial charge in [0.25, 0.3) is 11.8 Å². The number of amides is 2. The van der Waals surface area contributed by atoms with Gasteiger partial charge in [0.2, 0.25) is 0 Å². The van der Waals surface area contributed by atoms with E-state index in [0.29, 0.717) is 6.07 Å². The van der Waals surface area contributed by atoms with Crippen molar-refractivity contribution in [1.82, 2.24) is 29.8 Å². The maximum Gasteiger partial charge on any atom is 0.418 e. The minimum absolute atomic E-state index is 0.0735. The molecule has 0 radical (unpaired) electrons. The number of anilines is 1. The van der Waals surface area contributed by atoms with Crippen LogP contribution in [0.4, 0.5) is 36.6 Å². The van der Waals surface area contributed by atoms with Crippen LogP contribution in [0.5, 0.6) is 0 Å². The number of carbonyl (C=O) groups excluding carboxylic acids is 2. The summed E-state index contributed by atoms with van der Waals surface area (Å²) in [7, 11) is 0. The van der Waals surface area contributed by atoms with Crippen LogP contribution in [0.1, 0.15) is 31.8 Å². The number of rotatable bonds is 4. The number of aromatic nitrogens is 4. The van der Waals surface area contributed by atoms with Crippen LogP contribution in [0.25, 0.3) is 16.8 Å². The fourth-order valence-corrected chi connectivity index (χ4v) is 4.85. The molecule has 42 heavy (non-hydrogen) atoms. The van der Waals surface area contributed by atoms with Crippen molar-refractivity contribution in [1.29, 1.82) is 0 Å². The van der Waals surface area contributed by atoms with Gasteiger partial charge in [0.1, 0.15) is 18.0 Å². The summed E-state index contributed by atoms with van der Waals surface area (Å²) < 4.78 is 97.0. The molecule has 0 spiro atoms. The number of likely N-dealkylation sites (tertiary alicyclic amines) is 1. The van der Waals surface area contributed by atoms with Gasteiger partial charge in [0, 0.05) is 24.5 Å². The Bertz CT molecular complexity index is 1710. The first-order valence-corrected chi connectivity index (χ1v) is 12.3. The molecule has 1 aliphatic rings. The molecule has 4 heterocycles. The molecule has 3 aromatic heterocycles. The zero-order valence-electron chi connectivity index (χ0n) is 20.8. The van der Waals surface area contributed by atoms with Crippen LogP contribution in [-0.4, -0.2) is 61.6 Å². The lowest BCUT2D eigenvalue weighted by molar-refractivity contribution is -0.138. The molecular weight excluding hydrogens is 599 g/mol. The number of carbonyl (C=O) groups is 2. The first kappa shape index (κ1) is 29.0. The quantitative estimate of drug-likeness (QED) is 0.323. The van der Waals surface area contributed by atoms with Gasteiger partial charge in [0.15, 0.2) is 5.82 Å². The number of alkyl halides is 7. The number of hydrogen-bond donors (Lipinski definition) is 2. The van der Waals surface area contributed by atoms with Crippen molar-refractivity contribution in [2.45, 2.75) is 24.6 Å². The molecule has 0 unspecified atom stereocenters. The molecule has 4 aromatic rings. The largest absolute Gasteiger partial charge is 0.418 e. The Labute approximate surface area is 236 Å². The van der Waals surface area contributed by atoms with Crippen molar-refractivity contribution in [3.63, 3.8) is 0 Å². The lowest BCUT2D eigenvalue weighted by Gasteiger charge is -2.19. The summed E-state index contributed by atoms with van der Waals surface area (Å²) in [5.41, 5.74) is 1.76. The molecule has 9 nitrogen and oxygen atoms in total. The third kappa shape index (κ3) is 5.29. The monoisotopic (exact) mass is 615 g/mol. The van der Waals surface area contributed by atoms with E-state index in [-0.39, 0.29) is 21.8 Å². The van der Waals surface area contributed by atoms with Crippen LogP contribution in [0.15, 0.2) is 49.1 Å². The van der Waals surface area contributed by atoms with E-state index in [4.69, 9.17) is 17.3 Å². The molecule has 0 bridgehead atoms. The number of hydrogen-bond acceptors (Lipinski definition) is 6. The Morgan fingerprint density at radius 1 is 1.00 bits per heavy atom. The Morgan fingerprint density at radius 3 is 2.40 bits per heavy atom. The van der Waals surface area contributed by atoms with Crippen molar-refractivity contribution in [3.05, 3.63) is 76.3 Å². The second-order valence-corrected chi connectivity index (χ2v) is 9.67. The third-order valence-electron chi connectivity index (χ3n) is 6.60. The van der Waals surface area contributed by atoms with E-state index in [1.807, 2.05) is 0 Å². The molecular formula is C25H17ClF7N7O2. The molecule has 17 heteroatoms. The second kappa shape index (κ2) is 10.4. The van der Waals surface area contributed by atoms with Crippen molar-refractivity contribution >= 4 is 34.7 Å². The number of halogens is 8. The van der Waals surface area contributed by atoms with Crippen molar-refractivity contribution < 1.29 is 40.3 Å². The number of fused-ring (bicyclic) bond motifs is 1. The molecule has 1 saturated heterocycles. The molecule has 1 aromatic carbocycles. The average molecular weight is 616 g/mol. The molecule has 2 amide bonds. The highest BCUT2D eigenvalue weighted by atomic mass is 35.5. The molecule has 5 rings (SSSR count). The highest BCUT2D eigenvalue weighted by Gasteiger charge is 2.41. The topological polar surface area (TPSA) is 119 Å². The smallest absolute Gasteiger partial charge is 0.382 e. The summed E-state index contributed by atoms with van der Waals surface area (Å²) in [4.78, 5) is 33.9. The molecule has 220 valence electrons. The van der Waals surface area contributed by atoms with Crippen molar-refractivity contribution in [2.75, 3.05) is 18.8 Å². The van der Waals surface area contributed by atoms with Crippen molar-refractivity contribution in [2.24, 2.45) is 0 Å². The normalized spacial score (nSPS) is 17.6. The van der Waals surface area contributed by atoms with Gasteiger partial charge in [-0.1, -0.05) is 17.7 Å². The number of benzene rings is 1. The van der Waals surface area contributed by atoms with Crippen LogP contribution in [0, 0.1) is 0 Å². The highest BCUT2D eigenvalue weighted by molar-refractivity contribution is 6.34. The lowest BCUT2D eigenvalue weighted by atomic mass is 10.1. The molecule has 2 atom stereocenters. The van der Waals surface area contributed by atoms with E-state index in [1.54, 1.807) is 0 Å². The van der Waals surface area contributed by atoms with E-state index in [2.05, 4.69) is 20.4 Å². The fraction of sp³-hybridized carbons (Fsp3) is 0.240. The zero-order chi connectivity index (χ0) is 30.6. The summed E-state index contributed by atoms with van der Waals surface area (Å²) in [6.07, 6.45) is -8.98. The van der Waals surface area contributed by atoms with E-state index in [1.165, 1.54) is 12.1 Å². The van der Waals surface area contributed by atoms with Crippen LogP contribution >= 0.6 is 11.6 Å². The lowest BCUT2D eigenvalue weighted by Crippen LogP contribution is -2.42. The number of nitrogen functional groups attached to an aromatic ring is 1. The summed E-state index contributed by atoms with van der Waals surface area (Å²) in [5, 5.41) is 6.07. The standard InChI is InChI=1S/C25H17ClF7N7O2/c26-16-2-1-11(19-6-15(25(31,32)33)20-21(34)36-10-37-40(19)20)5-12(16)22(41)38-18-9-39(8-17(18)27)23(42)13-7-35-4-3-14(13)24(28,29)30/h1-7,10,17-18H,8-9H2,(H,38,41)(H2,34,36,37)/t17-,18+/m0/s1. The minimum atomic E-state index is -4.86. The van der Waals surface area contributed by atoms with Gasteiger partial charge in [-0.05, 0) is 24.3 Å². The van der Waals surface area contributed by atoms with Crippen molar-refractivity contribution in [3.8, 4) is 11.3 Å². The number of nitrogens with zero attached hydrogens (tertiary/aromatic N) is 5. The van der Waals surface area contributed by atoms with Crippen LogP contribution in [-0.2, 0) is 12.4 Å². The summed E-state index contributed by atoms with van der Waals surface area (Å²) in [6, 6.07) is 3.80. The summed E-state index contributed by atoms with van der Waals surface area (Å²) >= 11 is 6.18. The number of nitrogens with two attached hydrogens (primary N) is 1. The summed E-state index contributed by atoms with van der Waals surface area (Å²) in [5.74, 6) is -2.50. The molecule has 3 N–H and O–H groups in total. The van der Waals surface area contributed by atoms with E-state index >= 15 is 0 Å². The third-order valence-corrected chi connectivity index (χ3v) is 6.93. The van der Waals surface area contributed by atoms with Gasteiger partial charge in [-0.3, -0.25) is 14.6 Å². The first-order valence-electron chi connectivity index (χ1n) is 11.9. The number of nitrogens with one attached hydrogen (secondary N) is 1. The Kier molecular flexibility index (Phi) is 7.20. The SMILES string of the molecule is Nc1ncnn2c(-c3ccc(Cl)c(C(=O)N[C@@H]4CN(C(=O)c5cnccc5C(F)(F)F)C[C@@H]4F)c3)cc(C(F)(F)F)c12.